The number of halogens is 1. The molecule has 2 aromatic rings. The Morgan fingerprint density at radius 2 is 2.20 bits per heavy atom. The minimum atomic E-state index is 0. The van der Waals surface area contributed by atoms with E-state index in [9.17, 15) is 4.79 Å². The van der Waals surface area contributed by atoms with Crippen LogP contribution in [0.3, 0.4) is 0 Å². The molecule has 0 spiro atoms. The Morgan fingerprint density at radius 3 is 3.00 bits per heavy atom. The van der Waals surface area contributed by atoms with E-state index in [0.717, 1.165) is 31.3 Å². The van der Waals surface area contributed by atoms with Crippen LogP contribution in [0, 0.1) is 5.92 Å². The fourth-order valence-electron chi connectivity index (χ4n) is 2.62. The molecule has 2 aromatic heterocycles. The molecule has 2 unspecified atom stereocenters. The van der Waals surface area contributed by atoms with Gasteiger partial charge in [-0.05, 0) is 25.3 Å². The van der Waals surface area contributed by atoms with Crippen molar-refractivity contribution in [2.24, 2.45) is 11.7 Å². The molecular weight excluding hydrogens is 278 g/mol. The number of anilines is 1. The lowest BCUT2D eigenvalue weighted by atomic mass is 9.85. The maximum atomic E-state index is 12.3. The summed E-state index contributed by atoms with van der Waals surface area (Å²) in [6.07, 6.45) is 7.04. The van der Waals surface area contributed by atoms with Gasteiger partial charge in [-0.25, -0.2) is 4.98 Å². The molecule has 2 heterocycles. The molecule has 0 aromatic carbocycles. The zero-order valence-corrected chi connectivity index (χ0v) is 11.8. The van der Waals surface area contributed by atoms with Crippen LogP contribution in [0.4, 0.5) is 5.82 Å². The smallest absolute Gasteiger partial charge is 0.228 e. The molecule has 1 fully saturated rings. The topological polar surface area (TPSA) is 85.3 Å². The van der Waals surface area contributed by atoms with Crippen LogP contribution in [-0.2, 0) is 4.79 Å². The number of hydrogen-bond donors (Lipinski definition) is 2. The maximum absolute atomic E-state index is 12.3. The fourth-order valence-corrected chi connectivity index (χ4v) is 2.62. The second-order valence-electron chi connectivity index (χ2n) is 5.04. The highest BCUT2D eigenvalue weighted by Crippen LogP contribution is 2.24. The van der Waals surface area contributed by atoms with Crippen molar-refractivity contribution in [1.29, 1.82) is 0 Å². The first kappa shape index (κ1) is 14.7. The van der Waals surface area contributed by atoms with Crippen LogP contribution in [-0.4, -0.2) is 26.5 Å². The van der Waals surface area contributed by atoms with Gasteiger partial charge in [-0.1, -0.05) is 6.42 Å². The Morgan fingerprint density at radius 1 is 1.35 bits per heavy atom. The summed E-state index contributed by atoms with van der Waals surface area (Å²) in [4.78, 5) is 16.4. The normalized spacial score (nSPS) is 22.2. The summed E-state index contributed by atoms with van der Waals surface area (Å²) < 4.78 is 1.63. The summed E-state index contributed by atoms with van der Waals surface area (Å²) in [5, 5.41) is 7.07. The quantitative estimate of drug-likeness (QED) is 0.881. The number of hydrogen-bond acceptors (Lipinski definition) is 4. The average molecular weight is 296 g/mol. The second kappa shape index (κ2) is 6.19. The first-order chi connectivity index (χ1) is 9.24. The molecule has 0 aliphatic heterocycles. The van der Waals surface area contributed by atoms with Crippen molar-refractivity contribution in [2.45, 2.75) is 31.7 Å². The van der Waals surface area contributed by atoms with E-state index in [2.05, 4.69) is 15.4 Å². The number of nitrogens with two attached hydrogens (primary N) is 1. The van der Waals surface area contributed by atoms with Gasteiger partial charge in [0.1, 0.15) is 5.82 Å². The van der Waals surface area contributed by atoms with Gasteiger partial charge in [0.15, 0.2) is 5.65 Å². The van der Waals surface area contributed by atoms with Gasteiger partial charge >= 0.3 is 0 Å². The zero-order valence-electron chi connectivity index (χ0n) is 11.0. The van der Waals surface area contributed by atoms with Gasteiger partial charge in [0.25, 0.3) is 0 Å². The van der Waals surface area contributed by atoms with E-state index in [4.69, 9.17) is 5.73 Å². The lowest BCUT2D eigenvalue weighted by Crippen LogP contribution is -2.34. The number of aromatic nitrogens is 3. The number of nitrogens with one attached hydrogen (secondary N) is 1. The predicted octanol–water partition coefficient (Wildman–Crippen LogP) is 1.61. The number of amides is 1. The molecule has 2 atom stereocenters. The van der Waals surface area contributed by atoms with E-state index in [1.807, 2.05) is 0 Å². The first-order valence-corrected chi connectivity index (χ1v) is 6.59. The highest BCUT2D eigenvalue weighted by atomic mass is 35.5. The van der Waals surface area contributed by atoms with Crippen LogP contribution in [0.1, 0.15) is 25.7 Å². The molecule has 0 bridgehead atoms. The Balaban J connectivity index is 0.00000147. The van der Waals surface area contributed by atoms with Gasteiger partial charge in [0, 0.05) is 24.2 Å². The van der Waals surface area contributed by atoms with Gasteiger partial charge in [0.2, 0.25) is 5.91 Å². The van der Waals surface area contributed by atoms with Crippen molar-refractivity contribution in [3.05, 3.63) is 24.5 Å². The highest BCUT2D eigenvalue weighted by Gasteiger charge is 2.25. The number of carbonyl (C=O) groups is 1. The van der Waals surface area contributed by atoms with E-state index in [1.165, 1.54) is 0 Å². The van der Waals surface area contributed by atoms with Gasteiger partial charge in [-0.2, -0.15) is 9.61 Å². The van der Waals surface area contributed by atoms with Gasteiger partial charge in [-0.3, -0.25) is 4.79 Å². The summed E-state index contributed by atoms with van der Waals surface area (Å²) in [7, 11) is 0. The van der Waals surface area contributed by atoms with Gasteiger partial charge < -0.3 is 11.1 Å². The Labute approximate surface area is 123 Å². The molecule has 20 heavy (non-hydrogen) atoms. The molecule has 3 rings (SSSR count). The minimum absolute atomic E-state index is 0. The molecule has 7 heteroatoms. The molecule has 1 aliphatic rings. The molecule has 1 amide bonds. The van der Waals surface area contributed by atoms with E-state index >= 15 is 0 Å². The summed E-state index contributed by atoms with van der Waals surface area (Å²) in [5.41, 5.74) is 6.64. The van der Waals surface area contributed by atoms with E-state index in [1.54, 1.807) is 29.0 Å². The van der Waals surface area contributed by atoms with Crippen molar-refractivity contribution < 1.29 is 4.79 Å². The number of nitrogens with zero attached hydrogens (tertiary/aromatic N) is 3. The van der Waals surface area contributed by atoms with Crippen LogP contribution in [0.5, 0.6) is 0 Å². The van der Waals surface area contributed by atoms with Crippen molar-refractivity contribution in [2.75, 3.05) is 5.32 Å². The van der Waals surface area contributed by atoms with Crippen LogP contribution >= 0.6 is 12.4 Å². The van der Waals surface area contributed by atoms with Crippen LogP contribution < -0.4 is 11.1 Å². The van der Waals surface area contributed by atoms with E-state index < -0.39 is 0 Å². The standard InChI is InChI=1S/C13H17N5O.ClH/c14-10-3-1-2-9(8-10)13(19)17-12-4-6-15-11-5-7-16-18(11)12;/h4-7,9-10H,1-3,8,14H2,(H,17,19);1H. The summed E-state index contributed by atoms with van der Waals surface area (Å²) in [5.74, 6) is 0.680. The van der Waals surface area contributed by atoms with Crippen molar-refractivity contribution in [3.63, 3.8) is 0 Å². The molecule has 1 saturated carbocycles. The maximum Gasteiger partial charge on any atom is 0.228 e. The van der Waals surface area contributed by atoms with Crippen LogP contribution in [0.15, 0.2) is 24.5 Å². The Bertz CT molecular complexity index is 599. The third kappa shape index (κ3) is 2.91. The molecule has 1 aliphatic carbocycles. The SMILES string of the molecule is Cl.NC1CCCC(C(=O)Nc2ccnc3ccnn23)C1. The first-order valence-electron chi connectivity index (χ1n) is 6.59. The summed E-state index contributed by atoms with van der Waals surface area (Å²) >= 11 is 0. The monoisotopic (exact) mass is 295 g/mol. The largest absolute Gasteiger partial charge is 0.328 e. The fraction of sp³-hybridized carbons (Fsp3) is 0.462. The number of fused-ring (bicyclic) bond motifs is 1. The lowest BCUT2D eigenvalue weighted by Gasteiger charge is -2.25. The summed E-state index contributed by atoms with van der Waals surface area (Å²) in [6.45, 7) is 0. The van der Waals surface area contributed by atoms with E-state index in [-0.39, 0.29) is 30.3 Å². The molecule has 3 N–H and O–H groups in total. The van der Waals surface area contributed by atoms with Gasteiger partial charge in [-0.15, -0.1) is 12.4 Å². The Kier molecular flexibility index (Phi) is 4.57. The van der Waals surface area contributed by atoms with Gasteiger partial charge in [0.05, 0.1) is 6.20 Å². The molecular formula is C13H18ClN5O. The molecule has 0 radical (unpaired) electrons. The number of rotatable bonds is 2. The zero-order chi connectivity index (χ0) is 13.2. The summed E-state index contributed by atoms with van der Waals surface area (Å²) in [6, 6.07) is 3.69. The predicted molar refractivity (Wildman–Crippen MR) is 78.8 cm³/mol. The minimum Gasteiger partial charge on any atom is -0.328 e. The van der Waals surface area contributed by atoms with Crippen molar-refractivity contribution >= 4 is 29.8 Å². The van der Waals surface area contributed by atoms with Crippen molar-refractivity contribution in [3.8, 4) is 0 Å². The molecule has 6 nitrogen and oxygen atoms in total. The van der Waals surface area contributed by atoms with Crippen molar-refractivity contribution in [1.82, 2.24) is 14.6 Å². The molecule has 0 saturated heterocycles. The molecule has 108 valence electrons. The second-order valence-corrected chi connectivity index (χ2v) is 5.04. The lowest BCUT2D eigenvalue weighted by molar-refractivity contribution is -0.120. The number of carbonyl (C=O) groups excluding carboxylic acids is 1. The third-order valence-corrected chi connectivity index (χ3v) is 3.63. The average Bonchev–Trinajstić information content (AvgIpc) is 2.88. The van der Waals surface area contributed by atoms with Crippen LogP contribution in [0.25, 0.3) is 5.65 Å². The van der Waals surface area contributed by atoms with E-state index in [0.29, 0.717) is 5.82 Å². The third-order valence-electron chi connectivity index (χ3n) is 3.63. The van der Waals surface area contributed by atoms with Crippen LogP contribution in [0.2, 0.25) is 0 Å². The Hall–Kier alpha value is -1.66. The highest BCUT2D eigenvalue weighted by molar-refractivity contribution is 5.92.